The van der Waals surface area contributed by atoms with Gasteiger partial charge in [-0.3, -0.25) is 0 Å². The van der Waals surface area contributed by atoms with Crippen LogP contribution in [0.5, 0.6) is 0 Å². The first-order valence-electron chi connectivity index (χ1n) is 4.20. The molecule has 0 fully saturated rings. The van der Waals surface area contributed by atoms with Crippen LogP contribution in [0.4, 0.5) is 8.39 Å². The normalized spacial score (nSPS) is 12.2. The van der Waals surface area contributed by atoms with Crippen molar-refractivity contribution in [1.82, 2.24) is 0 Å². The van der Waals surface area contributed by atoms with Gasteiger partial charge in [0.2, 0.25) is 0 Å². The van der Waals surface area contributed by atoms with Crippen molar-refractivity contribution in [3.05, 3.63) is 38.0 Å². The van der Waals surface area contributed by atoms with E-state index in [-0.39, 0.29) is 0 Å². The summed E-state index contributed by atoms with van der Waals surface area (Å²) in [6.45, 7) is 8.60. The Morgan fingerprint density at radius 3 is 1.17 bits per heavy atom. The molecule has 0 heterocycles. The van der Waals surface area contributed by atoms with Crippen molar-refractivity contribution in [1.29, 1.82) is 0 Å². The minimum atomic E-state index is -7.24. The summed E-state index contributed by atoms with van der Waals surface area (Å²) in [4.78, 5) is 32.3. The SMILES string of the molecule is C=CC(=O)OP(F)(F)(OC(=O)C=C)OC(=O)C=C. The summed E-state index contributed by atoms with van der Waals surface area (Å²) < 4.78 is 38.3. The van der Waals surface area contributed by atoms with Crippen LogP contribution in [0.1, 0.15) is 0 Å². The van der Waals surface area contributed by atoms with Crippen LogP contribution < -0.4 is 0 Å². The zero-order valence-corrected chi connectivity index (χ0v) is 9.90. The summed E-state index contributed by atoms with van der Waals surface area (Å²) in [6.07, 6.45) is 1.14. The van der Waals surface area contributed by atoms with Gasteiger partial charge >= 0.3 is 100 Å². The van der Waals surface area contributed by atoms with E-state index in [0.717, 1.165) is 0 Å². The third kappa shape index (κ3) is 4.84. The Morgan fingerprint density at radius 2 is 1.00 bits per heavy atom. The zero-order valence-electron chi connectivity index (χ0n) is 9.01. The van der Waals surface area contributed by atoms with Crippen molar-refractivity contribution in [3.63, 3.8) is 0 Å². The first kappa shape index (κ1) is 15.9. The molecule has 0 bridgehead atoms. The topological polar surface area (TPSA) is 78.9 Å². The molecule has 100 valence electrons. The Kier molecular flexibility index (Phi) is 4.87. The van der Waals surface area contributed by atoms with E-state index in [1.165, 1.54) is 0 Å². The van der Waals surface area contributed by atoms with Crippen LogP contribution >= 0.6 is 7.91 Å². The maximum atomic E-state index is 13.8. The molecule has 0 spiro atoms. The van der Waals surface area contributed by atoms with Crippen molar-refractivity contribution >= 4 is 25.8 Å². The fourth-order valence-corrected chi connectivity index (χ4v) is 1.78. The van der Waals surface area contributed by atoms with Gasteiger partial charge in [0, 0.05) is 0 Å². The summed E-state index contributed by atoms with van der Waals surface area (Å²) in [5, 5.41) is 0. The van der Waals surface area contributed by atoms with Gasteiger partial charge < -0.3 is 0 Å². The number of halogens is 2. The predicted octanol–water partition coefficient (Wildman–Crippen LogP) is 2.24. The standard InChI is InChI=1S/C9H9F2O6P/c1-4-7(12)15-18(10,11,16-8(13)5-2)17-9(14)6-3/h4-6H,1-3H2. The van der Waals surface area contributed by atoms with Gasteiger partial charge in [0.15, 0.2) is 0 Å². The van der Waals surface area contributed by atoms with Crippen LogP contribution in [0.2, 0.25) is 0 Å². The molecule has 0 aromatic rings. The number of hydrogen-bond acceptors (Lipinski definition) is 6. The molecule has 0 amide bonds. The second-order valence-corrected chi connectivity index (χ2v) is 4.50. The molecule has 0 atom stereocenters. The number of carbonyl (C=O) groups excluding carboxylic acids is 3. The van der Waals surface area contributed by atoms with Gasteiger partial charge in [-0.05, 0) is 0 Å². The van der Waals surface area contributed by atoms with E-state index in [0.29, 0.717) is 18.2 Å². The molecule has 0 aliphatic carbocycles. The van der Waals surface area contributed by atoms with Crippen LogP contribution in [0.25, 0.3) is 0 Å². The average Bonchev–Trinajstić information content (AvgIpc) is 2.27. The molecule has 9 heteroatoms. The van der Waals surface area contributed by atoms with Gasteiger partial charge in [0.25, 0.3) is 0 Å². The molecule has 0 aliphatic heterocycles. The fraction of sp³-hybridized carbons (Fsp3) is 0. The third-order valence-electron chi connectivity index (χ3n) is 1.20. The van der Waals surface area contributed by atoms with E-state index in [2.05, 4.69) is 33.3 Å². The number of hydrogen-bond donors (Lipinski definition) is 0. The first-order valence-corrected chi connectivity index (χ1v) is 5.97. The Balaban J connectivity index is 5.33. The third-order valence-corrected chi connectivity index (χ3v) is 2.60. The molecule has 0 saturated carbocycles. The quantitative estimate of drug-likeness (QED) is 0.549. The van der Waals surface area contributed by atoms with Crippen molar-refractivity contribution in [3.8, 4) is 0 Å². The monoisotopic (exact) mass is 282 g/mol. The maximum absolute atomic E-state index is 13.8. The molecule has 0 aromatic heterocycles. The van der Waals surface area contributed by atoms with Gasteiger partial charge in [-0.1, -0.05) is 0 Å². The molecule has 0 radical (unpaired) electrons. The molecule has 0 saturated heterocycles. The molecule has 0 rings (SSSR count). The van der Waals surface area contributed by atoms with Gasteiger partial charge in [-0.2, -0.15) is 0 Å². The van der Waals surface area contributed by atoms with E-state index in [9.17, 15) is 22.8 Å². The van der Waals surface area contributed by atoms with Crippen molar-refractivity contribution in [2.45, 2.75) is 0 Å². The van der Waals surface area contributed by atoms with Gasteiger partial charge in [-0.15, -0.1) is 0 Å². The summed E-state index contributed by atoms with van der Waals surface area (Å²) in [5.41, 5.74) is 0. The molecule has 0 unspecified atom stereocenters. The van der Waals surface area contributed by atoms with Crippen LogP contribution in [-0.4, -0.2) is 17.9 Å². The predicted molar refractivity (Wildman–Crippen MR) is 58.0 cm³/mol. The number of carbonyl (C=O) groups is 3. The fourth-order valence-electron chi connectivity index (χ4n) is 0.592. The van der Waals surface area contributed by atoms with Crippen LogP contribution in [0.3, 0.4) is 0 Å². The second-order valence-electron chi connectivity index (χ2n) is 2.54. The van der Waals surface area contributed by atoms with E-state index >= 15 is 0 Å². The van der Waals surface area contributed by atoms with Crippen molar-refractivity contribution < 1.29 is 36.3 Å². The Labute approximate surface area is 101 Å². The Hall–Kier alpha value is -2.08. The summed E-state index contributed by atoms with van der Waals surface area (Å²) in [6, 6.07) is 0. The van der Waals surface area contributed by atoms with E-state index in [4.69, 9.17) is 0 Å². The molecular weight excluding hydrogens is 273 g/mol. The van der Waals surface area contributed by atoms with Gasteiger partial charge in [-0.25, -0.2) is 0 Å². The summed E-state index contributed by atoms with van der Waals surface area (Å²) in [7, 11) is -7.24. The van der Waals surface area contributed by atoms with Crippen molar-refractivity contribution in [2.24, 2.45) is 0 Å². The van der Waals surface area contributed by atoms with E-state index in [1.54, 1.807) is 0 Å². The average molecular weight is 282 g/mol. The second kappa shape index (κ2) is 5.50. The molecule has 6 nitrogen and oxygen atoms in total. The number of rotatable bonds is 6. The zero-order chi connectivity index (χ0) is 14.4. The molecule has 18 heavy (non-hydrogen) atoms. The van der Waals surface area contributed by atoms with E-state index < -0.39 is 25.8 Å². The van der Waals surface area contributed by atoms with E-state index in [1.807, 2.05) is 0 Å². The van der Waals surface area contributed by atoms with Gasteiger partial charge in [0.05, 0.1) is 0 Å². The van der Waals surface area contributed by atoms with Crippen LogP contribution in [0.15, 0.2) is 38.0 Å². The molecule has 0 aromatic carbocycles. The summed E-state index contributed by atoms with van der Waals surface area (Å²) in [5.74, 6) is -4.90. The van der Waals surface area contributed by atoms with Crippen molar-refractivity contribution in [2.75, 3.05) is 0 Å². The van der Waals surface area contributed by atoms with Crippen LogP contribution in [-0.2, 0) is 28.0 Å². The van der Waals surface area contributed by atoms with Gasteiger partial charge in [0.1, 0.15) is 0 Å². The molecule has 0 aliphatic rings. The first-order chi connectivity index (χ1) is 8.15. The summed E-state index contributed by atoms with van der Waals surface area (Å²) >= 11 is 0. The Morgan fingerprint density at radius 1 is 0.778 bits per heavy atom. The molecular formula is C9H9F2O6P. The Bertz CT molecular complexity index is 369. The van der Waals surface area contributed by atoms with Crippen LogP contribution in [0, 0.1) is 0 Å². The minimum absolute atomic E-state index is 0.379. The molecule has 0 N–H and O–H groups in total.